The summed E-state index contributed by atoms with van der Waals surface area (Å²) in [7, 11) is 0. The van der Waals surface area contributed by atoms with Crippen molar-refractivity contribution in [1.29, 1.82) is 5.26 Å². The van der Waals surface area contributed by atoms with Crippen molar-refractivity contribution in [2.45, 2.75) is 53.0 Å². The van der Waals surface area contributed by atoms with Crippen LogP contribution in [0.1, 0.15) is 43.4 Å². The van der Waals surface area contributed by atoms with E-state index in [0.29, 0.717) is 6.61 Å². The number of nitriles is 1. The zero-order valence-corrected chi connectivity index (χ0v) is 13.3. The van der Waals surface area contributed by atoms with E-state index in [9.17, 15) is 5.26 Å². The van der Waals surface area contributed by atoms with Gasteiger partial charge in [0.1, 0.15) is 11.3 Å². The fourth-order valence-corrected chi connectivity index (χ4v) is 2.32. The monoisotopic (exact) mass is 274 g/mol. The molecule has 0 radical (unpaired) electrons. The second-order valence-corrected chi connectivity index (χ2v) is 5.58. The number of aryl methyl sites for hydroxylation is 2. The van der Waals surface area contributed by atoms with Crippen LogP contribution >= 0.6 is 0 Å². The number of benzene rings is 1. The molecule has 1 N–H and O–H groups in total. The SMILES string of the molecule is CCNC(C)(C#N)CCCOc1c(C)ccc(C)c1C. The molecule has 0 spiro atoms. The standard InChI is InChI=1S/C17H26N2O/c1-6-19-17(5,12-18)10-7-11-20-16-14(3)9-8-13(2)15(16)4/h8-9,19H,6-7,10-11H2,1-5H3. The van der Waals surface area contributed by atoms with Gasteiger partial charge in [0.15, 0.2) is 0 Å². The lowest BCUT2D eigenvalue weighted by molar-refractivity contribution is 0.283. The number of ether oxygens (including phenoxy) is 1. The maximum Gasteiger partial charge on any atom is 0.125 e. The lowest BCUT2D eigenvalue weighted by Crippen LogP contribution is -2.40. The van der Waals surface area contributed by atoms with Gasteiger partial charge in [-0.1, -0.05) is 19.1 Å². The Morgan fingerprint density at radius 2 is 1.90 bits per heavy atom. The summed E-state index contributed by atoms with van der Waals surface area (Å²) < 4.78 is 5.93. The summed E-state index contributed by atoms with van der Waals surface area (Å²) in [5, 5.41) is 12.4. The van der Waals surface area contributed by atoms with E-state index >= 15 is 0 Å². The predicted octanol–water partition coefficient (Wildman–Crippen LogP) is 3.66. The topological polar surface area (TPSA) is 45.0 Å². The molecule has 1 aromatic rings. The van der Waals surface area contributed by atoms with E-state index in [1.807, 2.05) is 13.8 Å². The molecule has 3 nitrogen and oxygen atoms in total. The lowest BCUT2D eigenvalue weighted by atomic mass is 9.98. The van der Waals surface area contributed by atoms with E-state index in [0.717, 1.165) is 25.1 Å². The second kappa shape index (κ2) is 7.31. The molecule has 1 unspecified atom stereocenters. The van der Waals surface area contributed by atoms with Gasteiger partial charge < -0.3 is 4.74 Å². The molecule has 0 aromatic heterocycles. The maximum atomic E-state index is 9.20. The molecule has 20 heavy (non-hydrogen) atoms. The van der Waals surface area contributed by atoms with Gasteiger partial charge in [0.05, 0.1) is 12.7 Å². The number of nitrogens with one attached hydrogen (secondary N) is 1. The normalized spacial score (nSPS) is 13.6. The van der Waals surface area contributed by atoms with Gasteiger partial charge in [-0.2, -0.15) is 5.26 Å². The van der Waals surface area contributed by atoms with Crippen LogP contribution in [0.3, 0.4) is 0 Å². The van der Waals surface area contributed by atoms with Crippen molar-refractivity contribution in [1.82, 2.24) is 5.32 Å². The highest BCUT2D eigenvalue weighted by atomic mass is 16.5. The van der Waals surface area contributed by atoms with Crippen LogP contribution in [0.5, 0.6) is 5.75 Å². The molecule has 0 saturated carbocycles. The largest absolute Gasteiger partial charge is 0.493 e. The molecule has 3 heteroatoms. The van der Waals surface area contributed by atoms with Crippen LogP contribution in [-0.4, -0.2) is 18.7 Å². The Labute approximate surface area is 123 Å². The number of rotatable bonds is 7. The highest BCUT2D eigenvalue weighted by Gasteiger charge is 2.21. The first kappa shape index (κ1) is 16.5. The summed E-state index contributed by atoms with van der Waals surface area (Å²) in [5.41, 5.74) is 3.18. The molecule has 1 atom stereocenters. The van der Waals surface area contributed by atoms with Crippen LogP contribution in [0.2, 0.25) is 0 Å². The van der Waals surface area contributed by atoms with Crippen LogP contribution < -0.4 is 10.1 Å². The number of nitrogens with zero attached hydrogens (tertiary/aromatic N) is 1. The summed E-state index contributed by atoms with van der Waals surface area (Å²) in [6, 6.07) is 6.56. The molecule has 0 aliphatic heterocycles. The Bertz CT molecular complexity index is 490. The Hall–Kier alpha value is -1.53. The third-order valence-corrected chi connectivity index (χ3v) is 3.75. The summed E-state index contributed by atoms with van der Waals surface area (Å²) in [4.78, 5) is 0. The Morgan fingerprint density at radius 3 is 2.50 bits per heavy atom. The molecule has 0 fully saturated rings. The van der Waals surface area contributed by atoms with Crippen LogP contribution in [0.15, 0.2) is 12.1 Å². The molecule has 0 aliphatic carbocycles. The fourth-order valence-electron chi connectivity index (χ4n) is 2.32. The Morgan fingerprint density at radius 1 is 1.25 bits per heavy atom. The molecule has 0 amide bonds. The van der Waals surface area contributed by atoms with E-state index in [1.165, 1.54) is 16.7 Å². The van der Waals surface area contributed by atoms with Crippen molar-refractivity contribution in [3.8, 4) is 11.8 Å². The average Bonchev–Trinajstić information content (AvgIpc) is 2.42. The first-order valence-corrected chi connectivity index (χ1v) is 7.29. The second-order valence-electron chi connectivity index (χ2n) is 5.58. The van der Waals surface area contributed by atoms with Crippen LogP contribution in [0.4, 0.5) is 0 Å². The van der Waals surface area contributed by atoms with Crippen LogP contribution in [0.25, 0.3) is 0 Å². The predicted molar refractivity (Wildman–Crippen MR) is 83.1 cm³/mol. The highest BCUT2D eigenvalue weighted by Crippen LogP contribution is 2.26. The molecule has 110 valence electrons. The molecular formula is C17H26N2O. The van der Waals surface area contributed by atoms with Gasteiger partial charge in [0.2, 0.25) is 0 Å². The summed E-state index contributed by atoms with van der Waals surface area (Å²) in [6.45, 7) is 11.7. The number of hydrogen-bond acceptors (Lipinski definition) is 3. The highest BCUT2D eigenvalue weighted by molar-refractivity contribution is 5.44. The van der Waals surface area contributed by atoms with Gasteiger partial charge in [0.25, 0.3) is 0 Å². The first-order chi connectivity index (χ1) is 9.43. The zero-order chi connectivity index (χ0) is 15.2. The average molecular weight is 274 g/mol. The third-order valence-electron chi connectivity index (χ3n) is 3.75. The minimum absolute atomic E-state index is 0.450. The van der Waals surface area contributed by atoms with Crippen molar-refractivity contribution < 1.29 is 4.74 Å². The lowest BCUT2D eigenvalue weighted by Gasteiger charge is -2.22. The smallest absolute Gasteiger partial charge is 0.125 e. The molecule has 0 heterocycles. The first-order valence-electron chi connectivity index (χ1n) is 7.29. The Kier molecular flexibility index (Phi) is 6.04. The quantitative estimate of drug-likeness (QED) is 0.772. The fraction of sp³-hybridized carbons (Fsp3) is 0.588. The van der Waals surface area contributed by atoms with E-state index in [4.69, 9.17) is 4.74 Å². The summed E-state index contributed by atoms with van der Waals surface area (Å²) in [6.07, 6.45) is 1.66. The van der Waals surface area contributed by atoms with Crippen molar-refractivity contribution in [3.63, 3.8) is 0 Å². The van der Waals surface area contributed by atoms with Gasteiger partial charge in [-0.3, -0.25) is 5.32 Å². The van der Waals surface area contributed by atoms with Crippen LogP contribution in [-0.2, 0) is 0 Å². The molecule has 1 rings (SSSR count). The zero-order valence-electron chi connectivity index (χ0n) is 13.3. The Balaban J connectivity index is 2.54. The van der Waals surface area contributed by atoms with Crippen LogP contribution in [0, 0.1) is 32.1 Å². The van der Waals surface area contributed by atoms with Crippen molar-refractivity contribution in [2.24, 2.45) is 0 Å². The summed E-state index contributed by atoms with van der Waals surface area (Å²) in [5.74, 6) is 0.993. The van der Waals surface area contributed by atoms with Gasteiger partial charge in [-0.25, -0.2) is 0 Å². The molecule has 0 saturated heterocycles. The van der Waals surface area contributed by atoms with Gasteiger partial charge >= 0.3 is 0 Å². The minimum Gasteiger partial charge on any atom is -0.493 e. The van der Waals surface area contributed by atoms with E-state index < -0.39 is 5.54 Å². The van der Waals surface area contributed by atoms with Crippen molar-refractivity contribution in [2.75, 3.05) is 13.2 Å². The molecule has 0 bridgehead atoms. The van der Waals surface area contributed by atoms with Crippen molar-refractivity contribution >= 4 is 0 Å². The molecular weight excluding hydrogens is 248 g/mol. The van der Waals surface area contributed by atoms with E-state index in [2.05, 4.69) is 44.3 Å². The maximum absolute atomic E-state index is 9.20. The molecule has 0 aliphatic rings. The van der Waals surface area contributed by atoms with E-state index in [-0.39, 0.29) is 0 Å². The summed E-state index contributed by atoms with van der Waals surface area (Å²) >= 11 is 0. The molecule has 1 aromatic carbocycles. The minimum atomic E-state index is -0.450. The third kappa shape index (κ3) is 4.25. The van der Waals surface area contributed by atoms with Gasteiger partial charge in [-0.05, 0) is 63.8 Å². The van der Waals surface area contributed by atoms with Crippen molar-refractivity contribution in [3.05, 3.63) is 28.8 Å². The van der Waals surface area contributed by atoms with Gasteiger partial charge in [-0.15, -0.1) is 0 Å². The number of hydrogen-bond donors (Lipinski definition) is 1. The van der Waals surface area contributed by atoms with Gasteiger partial charge in [0, 0.05) is 0 Å². The van der Waals surface area contributed by atoms with E-state index in [1.54, 1.807) is 0 Å².